The van der Waals surface area contributed by atoms with E-state index in [1.54, 1.807) is 24.3 Å². The van der Waals surface area contributed by atoms with Gasteiger partial charge in [-0.2, -0.15) is 5.10 Å². The number of phenols is 1. The molecule has 0 bridgehead atoms. The minimum Gasteiger partial charge on any atom is -0.506 e. The number of hydrogen-bond acceptors (Lipinski definition) is 4. The van der Waals surface area contributed by atoms with Crippen LogP contribution in [0, 0.1) is 0 Å². The van der Waals surface area contributed by atoms with E-state index >= 15 is 0 Å². The van der Waals surface area contributed by atoms with Gasteiger partial charge in [-0.25, -0.2) is 4.79 Å². The zero-order valence-electron chi connectivity index (χ0n) is 12.0. The molecule has 2 rings (SSSR count). The minimum absolute atomic E-state index is 0.0619. The molecular weight excluding hydrogens is 462 g/mol. The van der Waals surface area contributed by atoms with E-state index in [0.717, 1.165) is 4.47 Å². The van der Waals surface area contributed by atoms with Gasteiger partial charge in [-0.1, -0.05) is 15.9 Å². The summed E-state index contributed by atoms with van der Waals surface area (Å²) in [6.45, 7) is 0. The first-order chi connectivity index (χ1) is 11.4. The van der Waals surface area contributed by atoms with Crippen molar-refractivity contribution >= 4 is 67.1 Å². The number of nitrogens with zero attached hydrogens (tertiary/aromatic N) is 1. The highest BCUT2D eigenvalue weighted by atomic mass is 79.9. The molecule has 2 aromatic rings. The number of hydrazone groups is 1. The van der Waals surface area contributed by atoms with Gasteiger partial charge in [0.25, 0.3) is 0 Å². The van der Waals surface area contributed by atoms with Crippen LogP contribution in [0.4, 0.5) is 5.69 Å². The molecule has 0 saturated heterocycles. The number of carboxylic acids is 1. The lowest BCUT2D eigenvalue weighted by atomic mass is 10.2. The Bertz CT molecular complexity index is 810. The zero-order valence-corrected chi connectivity index (χ0v) is 15.9. The normalized spacial score (nSPS) is 10.6. The van der Waals surface area contributed by atoms with Crippen molar-refractivity contribution in [3.8, 4) is 5.75 Å². The molecule has 0 aromatic heterocycles. The maximum Gasteiger partial charge on any atom is 0.335 e. The molecule has 124 valence electrons. The molecule has 2 aromatic carbocycles. The number of phenolic OH excluding ortho intramolecular Hbond substituents is 1. The van der Waals surface area contributed by atoms with E-state index in [2.05, 4.69) is 47.7 Å². The maximum atomic E-state index is 10.8. The summed E-state index contributed by atoms with van der Waals surface area (Å²) in [7, 11) is 0. The topological polar surface area (TPSA) is 94.0 Å². The molecule has 0 aliphatic carbocycles. The van der Waals surface area contributed by atoms with Gasteiger partial charge in [-0.05, 0) is 64.5 Å². The highest BCUT2D eigenvalue weighted by Crippen LogP contribution is 2.30. The van der Waals surface area contributed by atoms with Crippen LogP contribution in [0.1, 0.15) is 15.9 Å². The maximum absolute atomic E-state index is 10.8. The molecule has 0 heterocycles. The Morgan fingerprint density at radius 1 is 1.21 bits per heavy atom. The van der Waals surface area contributed by atoms with Crippen molar-refractivity contribution in [3.05, 3.63) is 56.5 Å². The number of thiocarbonyl (C=S) groups is 1. The van der Waals surface area contributed by atoms with Gasteiger partial charge in [0.15, 0.2) is 5.11 Å². The number of anilines is 1. The number of rotatable bonds is 4. The number of nitrogens with one attached hydrogen (secondary N) is 2. The van der Waals surface area contributed by atoms with E-state index < -0.39 is 5.97 Å². The Labute approximate surface area is 159 Å². The van der Waals surface area contributed by atoms with E-state index in [9.17, 15) is 9.90 Å². The van der Waals surface area contributed by atoms with Gasteiger partial charge < -0.3 is 15.5 Å². The van der Waals surface area contributed by atoms with Gasteiger partial charge in [0.1, 0.15) is 5.75 Å². The highest BCUT2D eigenvalue weighted by molar-refractivity contribution is 9.11. The molecule has 0 radical (unpaired) electrons. The number of carboxylic acid groups (broad SMARTS) is 1. The van der Waals surface area contributed by atoms with E-state index in [-0.39, 0.29) is 16.4 Å². The van der Waals surface area contributed by atoms with Crippen LogP contribution in [0.5, 0.6) is 5.75 Å². The molecule has 4 N–H and O–H groups in total. The summed E-state index contributed by atoms with van der Waals surface area (Å²) < 4.78 is 1.32. The first-order valence-corrected chi connectivity index (χ1v) is 8.47. The third-order valence-corrected chi connectivity index (χ3v) is 4.07. The van der Waals surface area contributed by atoms with Crippen LogP contribution in [0.15, 0.2) is 50.4 Å². The van der Waals surface area contributed by atoms with Crippen molar-refractivity contribution < 1.29 is 15.0 Å². The van der Waals surface area contributed by atoms with Crippen molar-refractivity contribution in [2.75, 3.05) is 5.32 Å². The molecule has 24 heavy (non-hydrogen) atoms. The first kappa shape index (κ1) is 18.4. The second-order valence-electron chi connectivity index (χ2n) is 4.53. The van der Waals surface area contributed by atoms with Crippen molar-refractivity contribution in [1.29, 1.82) is 0 Å². The van der Waals surface area contributed by atoms with Crippen LogP contribution in [0.3, 0.4) is 0 Å². The smallest absolute Gasteiger partial charge is 0.335 e. The molecule has 0 aliphatic heterocycles. The Kier molecular flexibility index (Phi) is 6.29. The Morgan fingerprint density at radius 2 is 1.88 bits per heavy atom. The lowest BCUT2D eigenvalue weighted by Crippen LogP contribution is -2.23. The largest absolute Gasteiger partial charge is 0.506 e. The minimum atomic E-state index is -0.994. The van der Waals surface area contributed by atoms with Gasteiger partial charge >= 0.3 is 5.97 Å². The highest BCUT2D eigenvalue weighted by Gasteiger charge is 2.05. The molecule has 6 nitrogen and oxygen atoms in total. The predicted molar refractivity (Wildman–Crippen MR) is 104 cm³/mol. The quantitative estimate of drug-likeness (QED) is 0.306. The fourth-order valence-corrected chi connectivity index (χ4v) is 3.13. The lowest BCUT2D eigenvalue weighted by Gasteiger charge is -2.07. The molecule has 0 atom stereocenters. The Hall–Kier alpha value is -1.97. The van der Waals surface area contributed by atoms with Gasteiger partial charge in [0.2, 0.25) is 0 Å². The second-order valence-corrected chi connectivity index (χ2v) is 6.71. The fourth-order valence-electron chi connectivity index (χ4n) is 1.70. The monoisotopic (exact) mass is 471 g/mol. The van der Waals surface area contributed by atoms with Gasteiger partial charge in [0, 0.05) is 15.7 Å². The number of carbonyl (C=O) groups is 1. The predicted octanol–water partition coefficient (Wildman–Crippen LogP) is 3.94. The molecular formula is C15H11Br2N3O3S. The van der Waals surface area contributed by atoms with Gasteiger partial charge in [-0.15, -0.1) is 0 Å². The summed E-state index contributed by atoms with van der Waals surface area (Å²) in [5.41, 5.74) is 3.93. The number of hydrogen-bond donors (Lipinski definition) is 4. The third kappa shape index (κ3) is 5.02. The molecule has 0 unspecified atom stereocenters. The van der Waals surface area contributed by atoms with Crippen LogP contribution >= 0.6 is 44.1 Å². The zero-order chi connectivity index (χ0) is 17.7. The standard InChI is InChI=1S/C15H11Br2N3O3S/c16-10-5-9(13(21)12(17)6-10)7-18-20-15(24)19-11-3-1-8(2-4-11)14(22)23/h1-7,21H,(H,22,23)(H2,19,20,24)/b18-7+. The first-order valence-electron chi connectivity index (χ1n) is 6.48. The average Bonchev–Trinajstić information content (AvgIpc) is 2.52. The Morgan fingerprint density at radius 3 is 2.50 bits per heavy atom. The molecule has 9 heteroatoms. The summed E-state index contributed by atoms with van der Waals surface area (Å²) in [4.78, 5) is 10.8. The summed E-state index contributed by atoms with van der Waals surface area (Å²) in [6, 6.07) is 9.54. The third-order valence-electron chi connectivity index (χ3n) is 2.82. The van der Waals surface area contributed by atoms with E-state index in [1.165, 1.54) is 18.3 Å². The van der Waals surface area contributed by atoms with E-state index in [1.807, 2.05) is 0 Å². The summed E-state index contributed by atoms with van der Waals surface area (Å²) in [5.74, 6) is -0.932. The van der Waals surface area contributed by atoms with Crippen LogP contribution in [-0.2, 0) is 0 Å². The number of aromatic carboxylic acids is 1. The molecule has 0 amide bonds. The van der Waals surface area contributed by atoms with Crippen molar-refractivity contribution in [3.63, 3.8) is 0 Å². The van der Waals surface area contributed by atoms with E-state index in [4.69, 9.17) is 17.3 Å². The lowest BCUT2D eigenvalue weighted by molar-refractivity contribution is 0.0697. The SMILES string of the molecule is O=C(O)c1ccc(NC(=S)N/N=C/c2cc(Br)cc(Br)c2O)cc1. The van der Waals surface area contributed by atoms with Crippen LogP contribution in [-0.4, -0.2) is 27.5 Å². The Balaban J connectivity index is 1.97. The van der Waals surface area contributed by atoms with Crippen molar-refractivity contribution in [2.24, 2.45) is 5.10 Å². The van der Waals surface area contributed by atoms with Gasteiger partial charge in [-0.3, -0.25) is 5.43 Å². The van der Waals surface area contributed by atoms with Crippen LogP contribution in [0.2, 0.25) is 0 Å². The van der Waals surface area contributed by atoms with Crippen LogP contribution in [0.25, 0.3) is 0 Å². The van der Waals surface area contributed by atoms with Crippen LogP contribution < -0.4 is 10.7 Å². The summed E-state index contributed by atoms with van der Waals surface area (Å²) >= 11 is 11.6. The number of halogens is 2. The molecule has 0 saturated carbocycles. The molecule has 0 spiro atoms. The van der Waals surface area contributed by atoms with Crippen molar-refractivity contribution in [1.82, 2.24) is 5.43 Å². The van der Waals surface area contributed by atoms with Crippen molar-refractivity contribution in [2.45, 2.75) is 0 Å². The molecule has 0 fully saturated rings. The molecule has 0 aliphatic rings. The summed E-state index contributed by atoms with van der Waals surface area (Å²) in [6.07, 6.45) is 1.42. The summed E-state index contributed by atoms with van der Waals surface area (Å²) in [5, 5.41) is 25.8. The average molecular weight is 473 g/mol. The second kappa shape index (κ2) is 8.22. The van der Waals surface area contributed by atoms with E-state index in [0.29, 0.717) is 15.7 Å². The van der Waals surface area contributed by atoms with Gasteiger partial charge in [0.05, 0.1) is 16.3 Å². The number of benzene rings is 2. The fraction of sp³-hybridized carbons (Fsp3) is 0. The number of aromatic hydroxyl groups is 1.